The molecule has 0 fully saturated rings. The molecule has 0 aliphatic rings. The highest BCUT2D eigenvalue weighted by molar-refractivity contribution is 5.71. The average Bonchev–Trinajstić information content (AvgIpc) is 3.46. The second-order valence-electron chi connectivity index (χ2n) is 22.0. The molecular formula is C74H124O6. The largest absolute Gasteiger partial charge is 0.462 e. The van der Waals surface area contributed by atoms with Crippen LogP contribution in [0.5, 0.6) is 0 Å². The van der Waals surface area contributed by atoms with E-state index < -0.39 is 6.10 Å². The van der Waals surface area contributed by atoms with E-state index in [-0.39, 0.29) is 37.5 Å². The molecule has 0 aromatic carbocycles. The van der Waals surface area contributed by atoms with Crippen molar-refractivity contribution in [2.45, 2.75) is 316 Å². The lowest BCUT2D eigenvalue weighted by atomic mass is 10.0. The highest BCUT2D eigenvalue weighted by Gasteiger charge is 2.19. The maximum Gasteiger partial charge on any atom is 0.306 e. The fraction of sp³-hybridized carbons (Fsp3) is 0.689. The van der Waals surface area contributed by atoms with E-state index in [1.807, 2.05) is 0 Å². The van der Waals surface area contributed by atoms with Crippen LogP contribution in [0, 0.1) is 0 Å². The van der Waals surface area contributed by atoms with Crippen LogP contribution in [0.2, 0.25) is 0 Å². The van der Waals surface area contributed by atoms with E-state index in [1.54, 1.807) is 0 Å². The normalized spacial score (nSPS) is 12.9. The third-order valence-electron chi connectivity index (χ3n) is 14.2. The van der Waals surface area contributed by atoms with E-state index in [9.17, 15) is 14.4 Å². The van der Waals surface area contributed by atoms with Crippen molar-refractivity contribution in [3.8, 4) is 0 Å². The number of rotatable bonds is 60. The van der Waals surface area contributed by atoms with Gasteiger partial charge in [0.05, 0.1) is 0 Å². The SMILES string of the molecule is CC/C=C\C/C=C\C/C=C\C/C=C\C/C=C\C/C=C\CCCCC(=O)OC(COC(=O)CCCCCCCCCCCCCCCC)COC(=O)CCCCCCCCCCCCCCCC/C=C\C/C=C\C/C=C\C/C=C\CC. The lowest BCUT2D eigenvalue weighted by Crippen LogP contribution is -2.30. The summed E-state index contributed by atoms with van der Waals surface area (Å²) < 4.78 is 16.9. The lowest BCUT2D eigenvalue weighted by Gasteiger charge is -2.18. The van der Waals surface area contributed by atoms with Crippen molar-refractivity contribution in [1.82, 2.24) is 0 Å². The maximum absolute atomic E-state index is 12.9. The van der Waals surface area contributed by atoms with E-state index in [1.165, 1.54) is 148 Å². The molecule has 0 radical (unpaired) electrons. The number of hydrogen-bond acceptors (Lipinski definition) is 6. The molecule has 0 amide bonds. The molecule has 1 unspecified atom stereocenters. The van der Waals surface area contributed by atoms with Crippen LogP contribution < -0.4 is 0 Å². The molecule has 0 aromatic rings. The van der Waals surface area contributed by atoms with Crippen molar-refractivity contribution in [3.05, 3.63) is 122 Å². The Labute approximate surface area is 494 Å². The van der Waals surface area contributed by atoms with Crippen LogP contribution >= 0.6 is 0 Å². The minimum Gasteiger partial charge on any atom is -0.462 e. The van der Waals surface area contributed by atoms with Gasteiger partial charge in [0, 0.05) is 19.3 Å². The number of carbonyl (C=O) groups is 3. The summed E-state index contributed by atoms with van der Waals surface area (Å²) in [5, 5.41) is 0. The van der Waals surface area contributed by atoms with Crippen molar-refractivity contribution in [3.63, 3.8) is 0 Å². The highest BCUT2D eigenvalue weighted by Crippen LogP contribution is 2.17. The van der Waals surface area contributed by atoms with Crippen LogP contribution in [0.4, 0.5) is 0 Å². The van der Waals surface area contributed by atoms with E-state index in [2.05, 4.69) is 142 Å². The van der Waals surface area contributed by atoms with Crippen molar-refractivity contribution in [2.24, 2.45) is 0 Å². The summed E-state index contributed by atoms with van der Waals surface area (Å²) in [4.78, 5) is 38.4. The number of esters is 3. The minimum atomic E-state index is -0.804. The van der Waals surface area contributed by atoms with Gasteiger partial charge in [-0.05, 0) is 109 Å². The van der Waals surface area contributed by atoms with Gasteiger partial charge in [0.1, 0.15) is 13.2 Å². The van der Waals surface area contributed by atoms with E-state index in [4.69, 9.17) is 14.2 Å². The molecule has 0 N–H and O–H groups in total. The van der Waals surface area contributed by atoms with Gasteiger partial charge in [-0.15, -0.1) is 0 Å². The molecule has 0 aromatic heterocycles. The van der Waals surface area contributed by atoms with Gasteiger partial charge in [-0.2, -0.15) is 0 Å². The summed E-state index contributed by atoms with van der Waals surface area (Å²) in [6.07, 6.45) is 93.6. The maximum atomic E-state index is 12.9. The van der Waals surface area contributed by atoms with Crippen LogP contribution in [0.15, 0.2) is 122 Å². The summed E-state index contributed by atoms with van der Waals surface area (Å²) in [6, 6.07) is 0. The molecule has 80 heavy (non-hydrogen) atoms. The molecule has 0 aliphatic heterocycles. The van der Waals surface area contributed by atoms with Gasteiger partial charge in [-0.1, -0.05) is 303 Å². The van der Waals surface area contributed by atoms with E-state index in [0.717, 1.165) is 116 Å². The lowest BCUT2D eigenvalue weighted by molar-refractivity contribution is -0.167. The first-order valence-corrected chi connectivity index (χ1v) is 33.5. The molecule has 0 aliphatic carbocycles. The molecule has 1 atom stereocenters. The molecule has 456 valence electrons. The Hall–Kier alpha value is -4.19. The summed E-state index contributed by atoms with van der Waals surface area (Å²) in [6.45, 7) is 6.41. The quantitative estimate of drug-likeness (QED) is 0.0261. The monoisotopic (exact) mass is 1110 g/mol. The Morgan fingerprint density at radius 3 is 0.787 bits per heavy atom. The Morgan fingerprint density at radius 2 is 0.487 bits per heavy atom. The fourth-order valence-electron chi connectivity index (χ4n) is 9.26. The van der Waals surface area contributed by atoms with Crippen LogP contribution in [-0.2, 0) is 28.6 Å². The smallest absolute Gasteiger partial charge is 0.306 e. The van der Waals surface area contributed by atoms with Crippen LogP contribution in [0.25, 0.3) is 0 Å². The van der Waals surface area contributed by atoms with Crippen LogP contribution in [0.1, 0.15) is 310 Å². The second kappa shape index (κ2) is 67.3. The highest BCUT2D eigenvalue weighted by atomic mass is 16.6. The summed E-state index contributed by atoms with van der Waals surface area (Å²) in [5.41, 5.74) is 0. The van der Waals surface area contributed by atoms with Gasteiger partial charge in [0.2, 0.25) is 0 Å². The molecule has 0 saturated heterocycles. The fourth-order valence-corrected chi connectivity index (χ4v) is 9.26. The standard InChI is InChI=1S/C74H124O6/c1-4-7-10-13-16-19-22-25-28-30-32-34-35-36-37-38-39-41-42-44-46-49-52-55-58-61-64-67-73(76)79-70-71(69-78-72(75)66-63-60-57-54-51-48-27-24-21-18-15-12-9-6-3)80-74(77)68-65-62-59-56-53-50-47-45-43-40-33-31-29-26-23-20-17-14-11-8-5-2/h7-8,10-11,16-17,19-20,25-26,28-29,32-34,40,45,47,53,56,71H,4-6,9,12-15,18,21-24,27,30-31,35-39,41-44,46,48-52,54-55,57-70H2,1-3H3/b10-7-,11-8-,19-16-,20-17-,28-25-,29-26-,34-32-,40-33-,47-45-,56-53-. The average molecular weight is 1110 g/mol. The van der Waals surface area contributed by atoms with Gasteiger partial charge in [-0.25, -0.2) is 0 Å². The predicted molar refractivity (Wildman–Crippen MR) is 348 cm³/mol. The summed E-state index contributed by atoms with van der Waals surface area (Å²) >= 11 is 0. The summed E-state index contributed by atoms with van der Waals surface area (Å²) in [5.74, 6) is -0.929. The number of hydrogen-bond donors (Lipinski definition) is 0. The molecular weight excluding hydrogens is 985 g/mol. The molecule has 6 nitrogen and oxygen atoms in total. The third-order valence-corrected chi connectivity index (χ3v) is 14.2. The van der Waals surface area contributed by atoms with Crippen molar-refractivity contribution in [1.29, 1.82) is 0 Å². The van der Waals surface area contributed by atoms with Gasteiger partial charge in [0.25, 0.3) is 0 Å². The zero-order valence-electron chi connectivity index (χ0n) is 52.3. The molecule has 0 saturated carbocycles. The van der Waals surface area contributed by atoms with Gasteiger partial charge in [0.15, 0.2) is 6.10 Å². The Morgan fingerprint density at radius 1 is 0.263 bits per heavy atom. The van der Waals surface area contributed by atoms with Crippen molar-refractivity contribution in [2.75, 3.05) is 13.2 Å². The van der Waals surface area contributed by atoms with Gasteiger partial charge in [-0.3, -0.25) is 14.4 Å². The molecule has 0 heterocycles. The number of unbranched alkanes of at least 4 members (excludes halogenated alkanes) is 29. The minimum absolute atomic E-state index is 0.0945. The first-order chi connectivity index (χ1) is 39.5. The van der Waals surface area contributed by atoms with Crippen LogP contribution in [-0.4, -0.2) is 37.2 Å². The van der Waals surface area contributed by atoms with Gasteiger partial charge >= 0.3 is 17.9 Å². The number of carbonyl (C=O) groups excluding carboxylic acids is 3. The topological polar surface area (TPSA) is 78.9 Å². The number of allylic oxidation sites excluding steroid dienone is 20. The van der Waals surface area contributed by atoms with Crippen molar-refractivity contribution >= 4 is 17.9 Å². The van der Waals surface area contributed by atoms with Gasteiger partial charge < -0.3 is 14.2 Å². The first-order valence-electron chi connectivity index (χ1n) is 33.5. The molecule has 0 bridgehead atoms. The predicted octanol–water partition coefficient (Wildman–Crippen LogP) is 23.2. The first kappa shape index (κ1) is 75.8. The van der Waals surface area contributed by atoms with E-state index >= 15 is 0 Å². The summed E-state index contributed by atoms with van der Waals surface area (Å²) in [7, 11) is 0. The Balaban J connectivity index is 4.37. The zero-order chi connectivity index (χ0) is 57.8. The number of ether oxygens (including phenoxy) is 3. The van der Waals surface area contributed by atoms with Crippen molar-refractivity contribution < 1.29 is 28.6 Å². The molecule has 0 spiro atoms. The zero-order valence-corrected chi connectivity index (χ0v) is 52.3. The third kappa shape index (κ3) is 64.6. The molecule has 6 heteroatoms. The Bertz CT molecular complexity index is 1650. The van der Waals surface area contributed by atoms with Crippen LogP contribution in [0.3, 0.4) is 0 Å². The van der Waals surface area contributed by atoms with E-state index in [0.29, 0.717) is 19.3 Å². The Kier molecular flexibility index (Phi) is 63.8. The second-order valence-corrected chi connectivity index (χ2v) is 22.0. The molecule has 0 rings (SSSR count).